The van der Waals surface area contributed by atoms with E-state index in [1.807, 2.05) is 41.8 Å². The van der Waals surface area contributed by atoms with E-state index in [4.69, 9.17) is 56.9 Å². The van der Waals surface area contributed by atoms with Crippen molar-refractivity contribution in [3.63, 3.8) is 0 Å². The summed E-state index contributed by atoms with van der Waals surface area (Å²) < 4.78 is 10.6. The highest BCUT2D eigenvalue weighted by Crippen LogP contribution is 2.44. The van der Waals surface area contributed by atoms with Gasteiger partial charge in [-0.1, -0.05) is 62.6 Å². The fourth-order valence-corrected chi connectivity index (χ4v) is 4.91. The zero-order chi connectivity index (χ0) is 28.1. The summed E-state index contributed by atoms with van der Waals surface area (Å²) in [4.78, 5) is 3.56. The van der Waals surface area contributed by atoms with Gasteiger partial charge in [0.15, 0.2) is 0 Å². The Morgan fingerprint density at radius 1 is 0.846 bits per heavy atom. The zero-order valence-corrected chi connectivity index (χ0v) is 24.4. The van der Waals surface area contributed by atoms with E-state index in [1.165, 1.54) is 0 Å². The van der Waals surface area contributed by atoms with Crippen molar-refractivity contribution in [1.29, 1.82) is 0 Å². The monoisotopic (exact) mass is 645 g/mol. The van der Waals surface area contributed by atoms with Crippen LogP contribution in [-0.2, 0) is 25.8 Å². The molecule has 0 aliphatic carbocycles. The molecule has 0 saturated heterocycles. The Hall–Kier alpha value is -2.20. The van der Waals surface area contributed by atoms with Crippen LogP contribution in [0.5, 0.6) is 0 Å². The molecule has 3 aromatic rings. The molecule has 0 fully saturated rings. The fraction of sp³-hybridized carbons (Fsp3) is 0.0833. The molecular formula is C24H15Cl4N3O6S2. The Kier molecular flexibility index (Phi) is 10.3. The molecule has 0 radical (unpaired) electrons. The van der Waals surface area contributed by atoms with Crippen molar-refractivity contribution in [2.24, 2.45) is 7.05 Å². The third-order valence-electron chi connectivity index (χ3n) is 5.52. The van der Waals surface area contributed by atoms with Crippen molar-refractivity contribution in [2.75, 3.05) is 16.8 Å². The minimum atomic E-state index is 0.361. The molecule has 1 aliphatic heterocycles. The summed E-state index contributed by atoms with van der Waals surface area (Å²) in [6.45, 7) is 0. The number of aromatic nitrogens is 1. The number of halogens is 4. The molecular weight excluding hydrogens is 632 g/mol. The molecule has 1 aromatic heterocycles. The summed E-state index contributed by atoms with van der Waals surface area (Å²) in [5.41, 5.74) is 3.64. The molecule has 2 heterocycles. The first kappa shape index (κ1) is 29.8. The van der Waals surface area contributed by atoms with Gasteiger partial charge in [0.2, 0.25) is 0 Å². The van der Waals surface area contributed by atoms with E-state index in [0.29, 0.717) is 61.2 Å². The van der Waals surface area contributed by atoms with Crippen LogP contribution in [0.2, 0.25) is 20.1 Å². The lowest BCUT2D eigenvalue weighted by Gasteiger charge is -2.16. The first-order valence-electron chi connectivity index (χ1n) is 10.5. The van der Waals surface area contributed by atoms with Gasteiger partial charge in [0.25, 0.3) is 0 Å². The number of benzene rings is 2. The van der Waals surface area contributed by atoms with Crippen LogP contribution < -0.4 is 9.80 Å². The molecule has 1 aliphatic rings. The van der Waals surface area contributed by atoms with Crippen molar-refractivity contribution in [3.05, 3.63) is 73.6 Å². The van der Waals surface area contributed by atoms with E-state index in [-0.39, 0.29) is 0 Å². The molecule has 0 spiro atoms. The van der Waals surface area contributed by atoms with Crippen molar-refractivity contribution in [3.8, 4) is 22.5 Å². The van der Waals surface area contributed by atoms with Crippen LogP contribution >= 0.6 is 70.5 Å². The summed E-state index contributed by atoms with van der Waals surface area (Å²) in [6, 6.07) is 9.84. The Labute approximate surface area is 251 Å². The molecule has 202 valence electrons. The molecule has 4 rings (SSSR count). The first-order valence-corrected chi connectivity index (χ1v) is 13.5. The van der Waals surface area contributed by atoms with E-state index in [2.05, 4.69) is 41.2 Å². The second-order valence-corrected chi connectivity index (χ2v) is 10.2. The van der Waals surface area contributed by atoms with Crippen LogP contribution in [0.4, 0.5) is 11.4 Å². The molecule has 0 unspecified atom stereocenters. The maximum absolute atomic E-state index is 8.38. The van der Waals surface area contributed by atoms with Gasteiger partial charge in [0.05, 0.1) is 48.2 Å². The summed E-state index contributed by atoms with van der Waals surface area (Å²) in [5, 5.41) is 31.6. The molecule has 0 bridgehead atoms. The Bertz CT molecular complexity index is 1610. The Morgan fingerprint density at radius 2 is 1.46 bits per heavy atom. The maximum atomic E-state index is 8.38. The fourth-order valence-electron chi connectivity index (χ4n) is 3.88. The van der Waals surface area contributed by atoms with Gasteiger partial charge in [0, 0.05) is 36.0 Å². The molecule has 9 nitrogen and oxygen atoms in total. The third kappa shape index (κ3) is 6.42. The quantitative estimate of drug-likeness (QED) is 0.0903. The molecule has 39 heavy (non-hydrogen) atoms. The lowest BCUT2D eigenvalue weighted by atomic mass is 10.1. The van der Waals surface area contributed by atoms with Crippen molar-refractivity contribution in [2.45, 2.75) is 0 Å². The summed E-state index contributed by atoms with van der Waals surface area (Å²) in [5.74, 6) is 3.67. The Morgan fingerprint density at radius 3 is 2.15 bits per heavy atom. The van der Waals surface area contributed by atoms with Crippen molar-refractivity contribution >= 4 is 98.8 Å². The number of allylic oxidation sites excluding steroid dienone is 2. The number of aryl methyl sites for hydroxylation is 1. The lowest BCUT2D eigenvalue weighted by Crippen LogP contribution is -2.21. The number of fused-ring (bicyclic) bond motifs is 2. The summed E-state index contributed by atoms with van der Waals surface area (Å²) >= 11 is 26.3. The van der Waals surface area contributed by atoms with E-state index < -0.39 is 0 Å². The van der Waals surface area contributed by atoms with Crippen LogP contribution in [0, 0.1) is 22.5 Å². The summed E-state index contributed by atoms with van der Waals surface area (Å²) in [7, 11) is 3.72. The van der Waals surface area contributed by atoms with E-state index >= 15 is 0 Å². The highest BCUT2D eigenvalue weighted by atomic mass is 35.5. The number of hydrogen-bond acceptors (Lipinski definition) is 10. The SMILES string of the molecule is CN1/C(=C/C=C/c2c(C#CSOOO)c3cc(Cl)c(Cl)cc3n2C)N(C#CSOOO)c2cc(Cl)c(Cl)cc21. The molecule has 0 amide bonds. The smallest absolute Gasteiger partial charge is 0.126 e. The molecule has 2 N–H and O–H groups in total. The normalized spacial score (nSPS) is 13.7. The minimum absolute atomic E-state index is 0.361. The number of rotatable bonds is 6. The van der Waals surface area contributed by atoms with Crippen LogP contribution in [-0.4, -0.2) is 22.1 Å². The maximum Gasteiger partial charge on any atom is 0.126 e. The van der Waals surface area contributed by atoms with Crippen LogP contribution in [0.1, 0.15) is 11.3 Å². The highest BCUT2D eigenvalue weighted by molar-refractivity contribution is 7.99. The highest BCUT2D eigenvalue weighted by Gasteiger charge is 2.29. The standard InChI is InChI=1S/C24H15Cl4N3O6S2/c1-29-20(14(6-8-38-36-34-32)15-10-16(25)17(26)11-21(15)29)4-3-5-24-30(2)22-12-18(27)19(28)13-23(22)31(24)7-9-39-37-35-33/h3-5,10-13,32-33H,1-2H3/b4-3+,24-5-. The van der Waals surface area contributed by atoms with Crippen molar-refractivity contribution < 1.29 is 29.3 Å². The number of anilines is 2. The molecule has 0 atom stereocenters. The van der Waals surface area contributed by atoms with E-state index in [9.17, 15) is 0 Å². The van der Waals surface area contributed by atoms with Gasteiger partial charge in [-0.25, -0.2) is 10.5 Å². The molecule has 0 saturated carbocycles. The van der Waals surface area contributed by atoms with Gasteiger partial charge in [-0.3, -0.25) is 4.90 Å². The second-order valence-electron chi connectivity index (χ2n) is 7.53. The largest absolute Gasteiger partial charge is 0.343 e. The van der Waals surface area contributed by atoms with Gasteiger partial charge < -0.3 is 9.47 Å². The zero-order valence-electron chi connectivity index (χ0n) is 19.7. The Balaban J connectivity index is 1.78. The predicted octanol–water partition coefficient (Wildman–Crippen LogP) is 7.97. The minimum Gasteiger partial charge on any atom is -0.343 e. The average Bonchev–Trinajstić information content (AvgIpc) is 3.30. The second kappa shape index (κ2) is 13.4. The van der Waals surface area contributed by atoms with Gasteiger partial charge in [-0.05, 0) is 42.3 Å². The number of nitrogens with zero attached hydrogens (tertiary/aromatic N) is 3. The van der Waals surface area contributed by atoms with Gasteiger partial charge >= 0.3 is 0 Å². The predicted molar refractivity (Wildman–Crippen MR) is 157 cm³/mol. The van der Waals surface area contributed by atoms with Gasteiger partial charge in [-0.15, -0.1) is 8.67 Å². The topological polar surface area (TPSA) is 88.8 Å². The van der Waals surface area contributed by atoms with Crippen LogP contribution in [0.15, 0.2) is 42.2 Å². The van der Waals surface area contributed by atoms with Crippen molar-refractivity contribution in [1.82, 2.24) is 4.57 Å². The van der Waals surface area contributed by atoms with E-state index in [0.717, 1.165) is 22.3 Å². The van der Waals surface area contributed by atoms with Gasteiger partial charge in [0.1, 0.15) is 29.9 Å². The lowest BCUT2D eigenvalue weighted by molar-refractivity contribution is -0.431. The molecule has 2 aromatic carbocycles. The van der Waals surface area contributed by atoms with Gasteiger partial charge in [-0.2, -0.15) is 0 Å². The first-order chi connectivity index (χ1) is 18.8. The van der Waals surface area contributed by atoms with E-state index in [1.54, 1.807) is 29.2 Å². The van der Waals surface area contributed by atoms with Crippen LogP contribution in [0.3, 0.4) is 0 Å². The third-order valence-corrected chi connectivity index (χ3v) is 7.59. The van der Waals surface area contributed by atoms with Crippen LogP contribution in [0.25, 0.3) is 17.0 Å². The average molecular weight is 647 g/mol. The molecule has 15 heteroatoms. The summed E-state index contributed by atoms with van der Waals surface area (Å²) in [6.07, 6.45) is 5.50. The number of hydrogen-bond donors (Lipinski definition) is 2.